The second-order valence-corrected chi connectivity index (χ2v) is 6.72. The molecule has 0 saturated heterocycles. The van der Waals surface area contributed by atoms with Gasteiger partial charge in [-0.3, -0.25) is 4.79 Å². The summed E-state index contributed by atoms with van der Waals surface area (Å²) < 4.78 is 15.9. The zero-order chi connectivity index (χ0) is 20.0. The van der Waals surface area contributed by atoms with Crippen LogP contribution in [0.1, 0.15) is 40.3 Å². The molecule has 0 saturated carbocycles. The number of carbonyl (C=O) groups excluding carboxylic acids is 2. The first-order valence-electron chi connectivity index (χ1n) is 8.62. The third kappa shape index (κ3) is 5.76. The molecule has 0 aliphatic heterocycles. The van der Waals surface area contributed by atoms with Gasteiger partial charge in [-0.05, 0) is 50.1 Å². The number of aryl methyl sites for hydroxylation is 2. The molecule has 0 fully saturated rings. The Bertz CT molecular complexity index is 815. The van der Waals surface area contributed by atoms with Gasteiger partial charge >= 0.3 is 5.97 Å². The second-order valence-electron chi connectivity index (χ2n) is 6.29. The van der Waals surface area contributed by atoms with Gasteiger partial charge in [-0.15, -0.1) is 0 Å². The van der Waals surface area contributed by atoms with Gasteiger partial charge in [-0.25, -0.2) is 4.79 Å². The third-order valence-electron chi connectivity index (χ3n) is 4.12. The summed E-state index contributed by atoms with van der Waals surface area (Å²) in [5.41, 5.74) is 1.33. The van der Waals surface area contributed by atoms with Gasteiger partial charge in [-0.2, -0.15) is 0 Å². The average Bonchev–Trinajstić information content (AvgIpc) is 2.99. The van der Waals surface area contributed by atoms with E-state index in [1.54, 1.807) is 31.0 Å². The van der Waals surface area contributed by atoms with Crippen molar-refractivity contribution in [2.75, 3.05) is 20.8 Å². The summed E-state index contributed by atoms with van der Waals surface area (Å²) in [7, 11) is 3.01. The number of nitrogens with zero attached hydrogens (tertiary/aromatic N) is 1. The number of benzene rings is 1. The Hall–Kier alpha value is -2.47. The summed E-state index contributed by atoms with van der Waals surface area (Å²) in [4.78, 5) is 25.5. The van der Waals surface area contributed by atoms with Crippen LogP contribution in [0.4, 0.5) is 0 Å². The first kappa shape index (κ1) is 20.8. The number of furan rings is 1. The zero-order valence-electron chi connectivity index (χ0n) is 16.0. The van der Waals surface area contributed by atoms with E-state index >= 15 is 0 Å². The predicted octanol–water partition coefficient (Wildman–Crippen LogP) is 4.15. The van der Waals surface area contributed by atoms with Crippen molar-refractivity contribution < 1.29 is 23.5 Å². The molecule has 2 aromatic rings. The lowest BCUT2D eigenvalue weighted by Gasteiger charge is -2.16. The largest absolute Gasteiger partial charge is 0.493 e. The van der Waals surface area contributed by atoms with Crippen molar-refractivity contribution in [2.45, 2.75) is 33.2 Å². The highest BCUT2D eigenvalue weighted by Crippen LogP contribution is 2.22. The fourth-order valence-corrected chi connectivity index (χ4v) is 2.85. The summed E-state index contributed by atoms with van der Waals surface area (Å²) in [6.45, 7) is 4.34. The van der Waals surface area contributed by atoms with Gasteiger partial charge in [-0.1, -0.05) is 11.6 Å². The number of methoxy groups -OCH3 is 1. The van der Waals surface area contributed by atoms with Crippen LogP contribution in [0.25, 0.3) is 0 Å². The van der Waals surface area contributed by atoms with E-state index in [-0.39, 0.29) is 12.5 Å². The van der Waals surface area contributed by atoms with Crippen molar-refractivity contribution in [3.8, 4) is 5.75 Å². The Kier molecular flexibility index (Phi) is 7.30. The normalized spacial score (nSPS) is 10.6. The van der Waals surface area contributed by atoms with Crippen LogP contribution in [0.2, 0.25) is 5.02 Å². The number of hydrogen-bond donors (Lipinski definition) is 0. The zero-order valence-corrected chi connectivity index (χ0v) is 16.8. The maximum Gasteiger partial charge on any atom is 0.341 e. The van der Waals surface area contributed by atoms with Crippen molar-refractivity contribution in [1.29, 1.82) is 0 Å². The quantitative estimate of drug-likeness (QED) is 0.497. The smallest absolute Gasteiger partial charge is 0.341 e. The SMILES string of the molecule is COC(=O)c1cc(CN(C)C(=O)CCCOc2ccc(Cl)cc2C)oc1C. The molecular weight excluding hydrogens is 370 g/mol. The minimum atomic E-state index is -0.453. The first-order chi connectivity index (χ1) is 12.8. The van der Waals surface area contributed by atoms with E-state index in [1.807, 2.05) is 19.1 Å². The predicted molar refractivity (Wildman–Crippen MR) is 102 cm³/mol. The highest BCUT2D eigenvalue weighted by molar-refractivity contribution is 6.30. The molecule has 0 radical (unpaired) electrons. The second kappa shape index (κ2) is 9.46. The summed E-state index contributed by atoms with van der Waals surface area (Å²) in [6, 6.07) is 7.04. The molecule has 7 heteroatoms. The molecule has 27 heavy (non-hydrogen) atoms. The van der Waals surface area contributed by atoms with Crippen LogP contribution in [0, 0.1) is 13.8 Å². The maximum atomic E-state index is 12.3. The van der Waals surface area contributed by atoms with Crippen molar-refractivity contribution in [3.63, 3.8) is 0 Å². The van der Waals surface area contributed by atoms with E-state index < -0.39 is 5.97 Å². The minimum absolute atomic E-state index is 0.0277. The summed E-state index contributed by atoms with van der Waals surface area (Å²) in [6.07, 6.45) is 0.947. The molecule has 0 spiro atoms. The molecule has 0 aliphatic rings. The first-order valence-corrected chi connectivity index (χ1v) is 9.00. The molecule has 1 aromatic heterocycles. The van der Waals surface area contributed by atoms with Crippen LogP contribution < -0.4 is 4.74 Å². The standard InChI is InChI=1S/C20H24ClNO5/c1-13-10-15(21)7-8-18(13)26-9-5-6-19(23)22(3)12-16-11-17(14(2)27-16)20(24)25-4/h7-8,10-11H,5-6,9,12H2,1-4H3. The topological polar surface area (TPSA) is 69.0 Å². The monoisotopic (exact) mass is 393 g/mol. The van der Waals surface area contributed by atoms with Gasteiger partial charge in [0.2, 0.25) is 5.91 Å². The van der Waals surface area contributed by atoms with Gasteiger partial charge in [0.15, 0.2) is 0 Å². The van der Waals surface area contributed by atoms with Crippen LogP contribution in [-0.2, 0) is 16.1 Å². The maximum absolute atomic E-state index is 12.3. The van der Waals surface area contributed by atoms with Crippen LogP contribution in [0.5, 0.6) is 5.75 Å². The Balaban J connectivity index is 1.79. The van der Waals surface area contributed by atoms with E-state index in [0.29, 0.717) is 41.6 Å². The third-order valence-corrected chi connectivity index (χ3v) is 4.36. The number of halogens is 1. The van der Waals surface area contributed by atoms with Crippen molar-refractivity contribution >= 4 is 23.5 Å². The molecule has 1 aromatic carbocycles. The lowest BCUT2D eigenvalue weighted by atomic mass is 10.2. The molecule has 0 N–H and O–H groups in total. The molecule has 0 atom stereocenters. The number of esters is 1. The fraction of sp³-hybridized carbons (Fsp3) is 0.400. The van der Waals surface area contributed by atoms with E-state index in [4.69, 9.17) is 25.5 Å². The van der Waals surface area contributed by atoms with Crippen LogP contribution in [0.15, 0.2) is 28.7 Å². The molecule has 0 unspecified atom stereocenters. The lowest BCUT2D eigenvalue weighted by molar-refractivity contribution is -0.130. The van der Waals surface area contributed by atoms with Crippen LogP contribution >= 0.6 is 11.6 Å². The van der Waals surface area contributed by atoms with E-state index in [0.717, 1.165) is 11.3 Å². The highest BCUT2D eigenvalue weighted by Gasteiger charge is 2.17. The number of rotatable bonds is 8. The van der Waals surface area contributed by atoms with Crippen molar-refractivity contribution in [1.82, 2.24) is 4.90 Å². The van der Waals surface area contributed by atoms with Gasteiger partial charge in [0, 0.05) is 18.5 Å². The highest BCUT2D eigenvalue weighted by atomic mass is 35.5. The number of hydrogen-bond acceptors (Lipinski definition) is 5. The van der Waals surface area contributed by atoms with Crippen LogP contribution in [-0.4, -0.2) is 37.5 Å². The van der Waals surface area contributed by atoms with Crippen molar-refractivity contribution in [3.05, 3.63) is 51.9 Å². The van der Waals surface area contributed by atoms with Gasteiger partial charge in [0.1, 0.15) is 22.8 Å². The van der Waals surface area contributed by atoms with Gasteiger partial charge < -0.3 is 18.8 Å². The Morgan fingerprint density at radius 1 is 1.22 bits per heavy atom. The summed E-state index contributed by atoms with van der Waals surface area (Å²) >= 11 is 5.92. The molecular formula is C20H24ClNO5. The minimum Gasteiger partial charge on any atom is -0.493 e. The van der Waals surface area contributed by atoms with Gasteiger partial charge in [0.25, 0.3) is 0 Å². The van der Waals surface area contributed by atoms with E-state index in [9.17, 15) is 9.59 Å². The summed E-state index contributed by atoms with van der Waals surface area (Å²) in [5, 5.41) is 0.667. The molecule has 2 rings (SSSR count). The lowest BCUT2D eigenvalue weighted by Crippen LogP contribution is -2.26. The Labute approximate surface area is 164 Å². The number of carbonyl (C=O) groups is 2. The molecule has 0 aliphatic carbocycles. The molecule has 0 bridgehead atoms. The Morgan fingerprint density at radius 3 is 2.63 bits per heavy atom. The fourth-order valence-electron chi connectivity index (χ4n) is 2.63. The number of ether oxygens (including phenoxy) is 2. The molecule has 6 nitrogen and oxygen atoms in total. The molecule has 146 valence electrons. The summed E-state index contributed by atoms with van der Waals surface area (Å²) in [5.74, 6) is 1.30. The van der Waals surface area contributed by atoms with Crippen LogP contribution in [0.3, 0.4) is 0 Å². The molecule has 1 amide bonds. The molecule has 1 heterocycles. The Morgan fingerprint density at radius 2 is 1.96 bits per heavy atom. The number of amides is 1. The van der Waals surface area contributed by atoms with Crippen molar-refractivity contribution in [2.24, 2.45) is 0 Å². The van der Waals surface area contributed by atoms with E-state index in [2.05, 4.69) is 0 Å². The van der Waals surface area contributed by atoms with E-state index in [1.165, 1.54) is 7.11 Å². The average molecular weight is 394 g/mol. The van der Waals surface area contributed by atoms with Gasteiger partial charge in [0.05, 0.1) is 20.3 Å².